The van der Waals surface area contributed by atoms with Crippen molar-refractivity contribution in [3.63, 3.8) is 0 Å². The zero-order chi connectivity index (χ0) is 14.3. The first-order valence-electron chi connectivity index (χ1n) is 5.68. The zero-order valence-corrected chi connectivity index (χ0v) is 12.0. The number of hydrogen-bond donors (Lipinski definition) is 1. The van der Waals surface area contributed by atoms with Crippen LogP contribution in [0.2, 0.25) is 0 Å². The third-order valence-electron chi connectivity index (χ3n) is 2.16. The first-order valence-corrected chi connectivity index (χ1v) is 6.09. The van der Waals surface area contributed by atoms with Crippen molar-refractivity contribution >= 4 is 28.6 Å². The van der Waals surface area contributed by atoms with Crippen LogP contribution in [0, 0.1) is 0 Å². The van der Waals surface area contributed by atoms with E-state index in [4.69, 9.17) is 27.6 Å². The van der Waals surface area contributed by atoms with E-state index in [1.165, 1.54) is 7.11 Å². The van der Waals surface area contributed by atoms with Crippen molar-refractivity contribution in [2.45, 2.75) is 20.5 Å². The van der Waals surface area contributed by atoms with Crippen LogP contribution in [0.5, 0.6) is 0 Å². The SMILES string of the molecule is CO/N=C(/C(N)=S)c1ccccc1CON=C(C)C. The fraction of sp³-hybridized carbons (Fsp3) is 0.308. The minimum atomic E-state index is 0.171. The molecule has 2 N–H and O–H groups in total. The lowest BCUT2D eigenvalue weighted by molar-refractivity contribution is 0.130. The Morgan fingerprint density at radius 1 is 1.26 bits per heavy atom. The summed E-state index contributed by atoms with van der Waals surface area (Å²) in [4.78, 5) is 10.2. The normalized spacial score (nSPS) is 10.8. The monoisotopic (exact) mass is 279 g/mol. The molecule has 0 fully saturated rings. The van der Waals surface area contributed by atoms with Crippen LogP contribution in [0.15, 0.2) is 34.6 Å². The largest absolute Gasteiger partial charge is 0.399 e. The highest BCUT2D eigenvalue weighted by Gasteiger charge is 2.12. The number of nitrogens with two attached hydrogens (primary N) is 1. The average Bonchev–Trinajstić information content (AvgIpc) is 2.36. The maximum Gasteiger partial charge on any atom is 0.144 e. The van der Waals surface area contributed by atoms with Gasteiger partial charge in [0.1, 0.15) is 24.4 Å². The third-order valence-corrected chi connectivity index (χ3v) is 2.35. The van der Waals surface area contributed by atoms with E-state index in [0.717, 1.165) is 16.8 Å². The van der Waals surface area contributed by atoms with Gasteiger partial charge in [-0.2, -0.15) is 0 Å². The van der Waals surface area contributed by atoms with Gasteiger partial charge < -0.3 is 15.4 Å². The summed E-state index contributed by atoms with van der Waals surface area (Å²) in [6, 6.07) is 7.53. The molecule has 0 amide bonds. The summed E-state index contributed by atoms with van der Waals surface area (Å²) in [6.45, 7) is 4.03. The summed E-state index contributed by atoms with van der Waals surface area (Å²) in [6.07, 6.45) is 0. The number of benzene rings is 1. The molecule has 1 aromatic rings. The fourth-order valence-electron chi connectivity index (χ4n) is 1.43. The summed E-state index contributed by atoms with van der Waals surface area (Å²) < 4.78 is 0. The average molecular weight is 279 g/mol. The minimum Gasteiger partial charge on any atom is -0.399 e. The van der Waals surface area contributed by atoms with E-state index in [0.29, 0.717) is 12.3 Å². The Morgan fingerprint density at radius 2 is 1.95 bits per heavy atom. The first-order chi connectivity index (χ1) is 9.06. The molecule has 5 nitrogen and oxygen atoms in total. The highest BCUT2D eigenvalue weighted by atomic mass is 32.1. The molecule has 0 aliphatic carbocycles. The van der Waals surface area contributed by atoms with Gasteiger partial charge in [0.2, 0.25) is 0 Å². The standard InChI is InChI=1S/C13H17N3O2S/c1-9(2)15-18-8-10-6-4-5-7-11(10)12(13(14)19)16-17-3/h4-7H,8H2,1-3H3,(H2,14,19)/b16-12+. The second-order valence-corrected chi connectivity index (χ2v) is 4.40. The number of hydrogen-bond acceptors (Lipinski definition) is 5. The van der Waals surface area contributed by atoms with Crippen LogP contribution in [-0.2, 0) is 16.3 Å². The van der Waals surface area contributed by atoms with Gasteiger partial charge in [0, 0.05) is 11.1 Å². The van der Waals surface area contributed by atoms with Crippen LogP contribution in [0.4, 0.5) is 0 Å². The summed E-state index contributed by atoms with van der Waals surface area (Å²) in [5, 5.41) is 7.75. The van der Waals surface area contributed by atoms with Crippen molar-refractivity contribution in [1.29, 1.82) is 0 Å². The lowest BCUT2D eigenvalue weighted by Crippen LogP contribution is -2.23. The van der Waals surface area contributed by atoms with E-state index in [-0.39, 0.29) is 4.99 Å². The molecule has 0 heterocycles. The molecule has 102 valence electrons. The van der Waals surface area contributed by atoms with Crippen molar-refractivity contribution < 1.29 is 9.68 Å². The Morgan fingerprint density at radius 3 is 2.53 bits per heavy atom. The van der Waals surface area contributed by atoms with Crippen LogP contribution >= 0.6 is 12.2 Å². The molecule has 0 atom stereocenters. The van der Waals surface area contributed by atoms with Gasteiger partial charge in [-0.15, -0.1) is 0 Å². The van der Waals surface area contributed by atoms with Gasteiger partial charge in [-0.3, -0.25) is 0 Å². The van der Waals surface area contributed by atoms with E-state index < -0.39 is 0 Å². The molecule has 0 aliphatic heterocycles. The van der Waals surface area contributed by atoms with E-state index in [1.807, 2.05) is 38.1 Å². The molecule has 0 unspecified atom stereocenters. The molecule has 0 aliphatic rings. The highest BCUT2D eigenvalue weighted by molar-refractivity contribution is 7.82. The minimum absolute atomic E-state index is 0.171. The van der Waals surface area contributed by atoms with Gasteiger partial charge in [0.25, 0.3) is 0 Å². The summed E-state index contributed by atoms with van der Waals surface area (Å²) in [5.41, 5.74) is 8.59. The van der Waals surface area contributed by atoms with Crippen molar-refractivity contribution in [3.8, 4) is 0 Å². The molecule has 0 aromatic heterocycles. The van der Waals surface area contributed by atoms with Gasteiger partial charge in [-0.1, -0.05) is 46.8 Å². The van der Waals surface area contributed by atoms with E-state index >= 15 is 0 Å². The summed E-state index contributed by atoms with van der Waals surface area (Å²) in [5.74, 6) is 0. The van der Waals surface area contributed by atoms with Crippen molar-refractivity contribution in [2.75, 3.05) is 7.11 Å². The smallest absolute Gasteiger partial charge is 0.144 e. The molecule has 0 saturated carbocycles. The quantitative estimate of drug-likeness (QED) is 0.492. The Balaban J connectivity index is 3.04. The number of rotatable bonds is 6. The van der Waals surface area contributed by atoms with Gasteiger partial charge in [0.05, 0.1) is 5.71 Å². The molecule has 6 heteroatoms. The van der Waals surface area contributed by atoms with Gasteiger partial charge in [-0.25, -0.2) is 0 Å². The van der Waals surface area contributed by atoms with Crippen LogP contribution in [0.1, 0.15) is 25.0 Å². The van der Waals surface area contributed by atoms with Crippen LogP contribution in [0.3, 0.4) is 0 Å². The van der Waals surface area contributed by atoms with E-state index in [2.05, 4.69) is 10.3 Å². The molecular formula is C13H17N3O2S. The topological polar surface area (TPSA) is 69.2 Å². The lowest BCUT2D eigenvalue weighted by Gasteiger charge is -2.09. The first kappa shape index (κ1) is 15.1. The summed E-state index contributed by atoms with van der Waals surface area (Å²) >= 11 is 4.98. The maximum absolute atomic E-state index is 5.65. The number of nitrogens with zero attached hydrogens (tertiary/aromatic N) is 2. The zero-order valence-electron chi connectivity index (χ0n) is 11.2. The van der Waals surface area contributed by atoms with Crippen LogP contribution in [-0.4, -0.2) is 23.5 Å². The van der Waals surface area contributed by atoms with Gasteiger partial charge in [-0.05, 0) is 13.8 Å². The fourth-order valence-corrected chi connectivity index (χ4v) is 1.57. The molecule has 1 aromatic carbocycles. The molecule has 0 radical (unpaired) electrons. The lowest BCUT2D eigenvalue weighted by atomic mass is 10.0. The second-order valence-electron chi connectivity index (χ2n) is 3.96. The summed E-state index contributed by atoms with van der Waals surface area (Å²) in [7, 11) is 1.45. The molecular weight excluding hydrogens is 262 g/mol. The maximum atomic E-state index is 5.65. The predicted octanol–water partition coefficient (Wildman–Crippen LogP) is 2.24. The number of thiocarbonyl (C=S) groups is 1. The number of oxime groups is 2. The van der Waals surface area contributed by atoms with E-state index in [1.54, 1.807) is 0 Å². The third kappa shape index (κ3) is 4.67. The van der Waals surface area contributed by atoms with Crippen LogP contribution in [0.25, 0.3) is 0 Å². The van der Waals surface area contributed by atoms with Gasteiger partial charge in [0.15, 0.2) is 0 Å². The van der Waals surface area contributed by atoms with Crippen LogP contribution < -0.4 is 5.73 Å². The molecule has 1 rings (SSSR count). The molecule has 19 heavy (non-hydrogen) atoms. The Hall–Kier alpha value is -1.95. The molecule has 0 spiro atoms. The predicted molar refractivity (Wildman–Crippen MR) is 80.3 cm³/mol. The van der Waals surface area contributed by atoms with Crippen molar-refractivity contribution in [3.05, 3.63) is 35.4 Å². The highest BCUT2D eigenvalue weighted by Crippen LogP contribution is 2.12. The molecule has 0 saturated heterocycles. The Labute approximate surface area is 118 Å². The second kappa shape index (κ2) is 7.48. The van der Waals surface area contributed by atoms with Gasteiger partial charge >= 0.3 is 0 Å². The van der Waals surface area contributed by atoms with E-state index in [9.17, 15) is 0 Å². The van der Waals surface area contributed by atoms with Crippen molar-refractivity contribution in [1.82, 2.24) is 0 Å². The van der Waals surface area contributed by atoms with Crippen molar-refractivity contribution in [2.24, 2.45) is 16.0 Å². The Kier molecular flexibility index (Phi) is 5.95. The Bertz CT molecular complexity index is 508. The molecule has 0 bridgehead atoms.